The zero-order chi connectivity index (χ0) is 23.4. The minimum absolute atomic E-state index is 0.0672. The summed E-state index contributed by atoms with van der Waals surface area (Å²) in [4.78, 5) is 8.31. The Bertz CT molecular complexity index is 1180. The molecule has 0 bridgehead atoms. The number of halogens is 3. The number of nitrogens with zero attached hydrogens (tertiary/aromatic N) is 3. The molecule has 3 fully saturated rings. The highest BCUT2D eigenvalue weighted by Crippen LogP contribution is 2.53. The van der Waals surface area contributed by atoms with E-state index in [1.165, 1.54) is 50.4 Å². The van der Waals surface area contributed by atoms with Crippen LogP contribution in [0.25, 0.3) is 0 Å². The van der Waals surface area contributed by atoms with Gasteiger partial charge in [0.15, 0.2) is 0 Å². The maximum absolute atomic E-state index is 13.4. The summed E-state index contributed by atoms with van der Waals surface area (Å²) in [5.74, 6) is -0.907. The highest BCUT2D eigenvalue weighted by atomic mass is 35.5. The van der Waals surface area contributed by atoms with Gasteiger partial charge in [0, 0.05) is 30.6 Å². The molecule has 1 saturated carbocycles. The fourth-order valence-electron chi connectivity index (χ4n) is 5.82. The lowest BCUT2D eigenvalue weighted by Gasteiger charge is -2.53. The maximum atomic E-state index is 13.4. The number of rotatable bonds is 5. The third-order valence-electron chi connectivity index (χ3n) is 7.60. The molecular weight excluding hydrogens is 486 g/mol. The van der Waals surface area contributed by atoms with Crippen molar-refractivity contribution in [1.82, 2.24) is 9.88 Å². The van der Waals surface area contributed by atoms with E-state index in [2.05, 4.69) is 26.4 Å². The van der Waals surface area contributed by atoms with Gasteiger partial charge in [-0.15, -0.1) is 0 Å². The van der Waals surface area contributed by atoms with E-state index in [4.69, 9.17) is 23.2 Å². The summed E-state index contributed by atoms with van der Waals surface area (Å²) >= 11 is 13.0. The largest absolute Gasteiger partial charge is 0.370 e. The number of anilines is 2. The predicted octanol–water partition coefficient (Wildman–Crippen LogP) is 5.17. The number of pyridine rings is 1. The van der Waals surface area contributed by atoms with Gasteiger partial charge in [0.05, 0.1) is 15.7 Å². The summed E-state index contributed by atoms with van der Waals surface area (Å²) < 4.78 is 41.3. The van der Waals surface area contributed by atoms with Crippen LogP contribution in [0.1, 0.15) is 39.0 Å². The Balaban J connectivity index is 1.36. The molecule has 0 amide bonds. The highest BCUT2D eigenvalue weighted by molar-refractivity contribution is 7.92. The zero-order valence-electron chi connectivity index (χ0n) is 18.4. The van der Waals surface area contributed by atoms with Gasteiger partial charge in [-0.1, -0.05) is 29.3 Å². The van der Waals surface area contributed by atoms with Crippen molar-refractivity contribution in [3.05, 3.63) is 46.3 Å². The van der Waals surface area contributed by atoms with E-state index in [1.54, 1.807) is 6.07 Å². The molecule has 1 aromatic heterocycles. The first-order valence-corrected chi connectivity index (χ1v) is 13.6. The average Bonchev–Trinajstić information content (AvgIpc) is 3.37. The number of likely N-dealkylation sites (tertiary alicyclic amines) is 1. The number of aromatic nitrogens is 1. The number of hydrogen-bond donors (Lipinski definition) is 1. The van der Waals surface area contributed by atoms with Gasteiger partial charge in [0.25, 0.3) is 10.0 Å². The first kappa shape index (κ1) is 23.1. The van der Waals surface area contributed by atoms with E-state index >= 15 is 0 Å². The zero-order valence-corrected chi connectivity index (χ0v) is 20.7. The predicted molar refractivity (Wildman–Crippen MR) is 129 cm³/mol. The summed E-state index contributed by atoms with van der Waals surface area (Å²) in [5, 5.41) is 0.395. The Hall–Kier alpha value is -1.61. The van der Waals surface area contributed by atoms with Gasteiger partial charge in [-0.2, -0.15) is 4.39 Å². The molecule has 1 aromatic carbocycles. The van der Waals surface area contributed by atoms with Gasteiger partial charge in [0.1, 0.15) is 10.7 Å². The van der Waals surface area contributed by atoms with Crippen LogP contribution in [0.5, 0.6) is 0 Å². The number of sulfonamides is 1. The number of hydrogen-bond acceptors (Lipinski definition) is 5. The maximum Gasteiger partial charge on any atom is 0.264 e. The third kappa shape index (κ3) is 4.20. The van der Waals surface area contributed by atoms with E-state index in [0.717, 1.165) is 31.3 Å². The second-order valence-electron chi connectivity index (χ2n) is 9.50. The molecule has 33 heavy (non-hydrogen) atoms. The molecule has 3 atom stereocenters. The molecule has 3 aliphatic rings. The summed E-state index contributed by atoms with van der Waals surface area (Å²) in [7, 11) is -4.09. The normalized spacial score (nSPS) is 27.8. The fraction of sp³-hybridized carbons (Fsp3) is 0.522. The van der Waals surface area contributed by atoms with Crippen LogP contribution in [0.2, 0.25) is 10.0 Å². The van der Waals surface area contributed by atoms with Crippen molar-refractivity contribution in [2.75, 3.05) is 29.3 Å². The van der Waals surface area contributed by atoms with Crippen LogP contribution >= 0.6 is 23.2 Å². The monoisotopic (exact) mass is 512 g/mol. The lowest BCUT2D eigenvalue weighted by Crippen LogP contribution is -2.57. The fourth-order valence-corrected chi connectivity index (χ4v) is 7.72. The Kier molecular flexibility index (Phi) is 6.00. The average molecular weight is 513 g/mol. The number of benzene rings is 1. The van der Waals surface area contributed by atoms with Crippen molar-refractivity contribution in [2.24, 2.45) is 5.41 Å². The first-order chi connectivity index (χ1) is 15.7. The van der Waals surface area contributed by atoms with E-state index in [1.807, 2.05) is 0 Å². The molecule has 10 heteroatoms. The van der Waals surface area contributed by atoms with Crippen LogP contribution in [0.3, 0.4) is 0 Å². The first-order valence-electron chi connectivity index (χ1n) is 11.3. The van der Waals surface area contributed by atoms with Gasteiger partial charge >= 0.3 is 0 Å². The molecule has 5 rings (SSSR count). The molecule has 1 N–H and O–H groups in total. The Labute approximate surface area is 204 Å². The van der Waals surface area contributed by atoms with Gasteiger partial charge in [-0.3, -0.25) is 9.62 Å². The van der Waals surface area contributed by atoms with Gasteiger partial charge in [0.2, 0.25) is 5.95 Å². The minimum Gasteiger partial charge on any atom is -0.370 e. The molecule has 178 valence electrons. The summed E-state index contributed by atoms with van der Waals surface area (Å²) in [6.45, 7) is 5.27. The van der Waals surface area contributed by atoms with Crippen molar-refractivity contribution >= 4 is 44.7 Å². The topological polar surface area (TPSA) is 65.5 Å². The molecule has 2 aliphatic heterocycles. The molecule has 6 nitrogen and oxygen atoms in total. The lowest BCUT2D eigenvalue weighted by molar-refractivity contribution is -0.0152. The van der Waals surface area contributed by atoms with Gasteiger partial charge in [-0.05, 0) is 69.8 Å². The van der Waals surface area contributed by atoms with E-state index in [9.17, 15) is 12.8 Å². The molecule has 2 aromatic rings. The second-order valence-corrected chi connectivity index (χ2v) is 12.0. The lowest BCUT2D eigenvalue weighted by atomic mass is 9.63. The minimum atomic E-state index is -4.09. The van der Waals surface area contributed by atoms with Crippen LogP contribution in [0.15, 0.2) is 35.2 Å². The van der Waals surface area contributed by atoms with Crippen molar-refractivity contribution < 1.29 is 12.8 Å². The van der Waals surface area contributed by atoms with Gasteiger partial charge in [-0.25, -0.2) is 13.4 Å². The molecule has 1 aliphatic carbocycles. The molecule has 0 radical (unpaired) electrons. The van der Waals surface area contributed by atoms with Crippen LogP contribution in [-0.2, 0) is 10.0 Å². The highest BCUT2D eigenvalue weighted by Gasteiger charge is 2.54. The standard InChI is InChI=1S/C23H27Cl2FN4O2S/c1-15-4-3-10-30(15)20-7-8-23(20)9-11-29(14-23)18-12-17(25)19(13-16(18)24)33(31,32)28-22-6-2-5-21(26)27-22/h2,5-6,12-13,15,20H,3-4,7-11,14H2,1H3,(H,27,28)/t15-,20-,23+/m1/s1. The Morgan fingerprint density at radius 3 is 2.64 bits per heavy atom. The summed E-state index contributed by atoms with van der Waals surface area (Å²) in [6.07, 6.45) is 6.09. The SMILES string of the molecule is C[C@@H]1CCCN1[C@@H]1CC[C@@]12CCN(c1cc(Cl)c(S(=O)(=O)Nc3cccc(F)n3)cc1Cl)C2. The van der Waals surface area contributed by atoms with Crippen molar-refractivity contribution in [3.63, 3.8) is 0 Å². The van der Waals surface area contributed by atoms with E-state index < -0.39 is 16.0 Å². The quantitative estimate of drug-likeness (QED) is 0.559. The van der Waals surface area contributed by atoms with E-state index in [0.29, 0.717) is 17.1 Å². The van der Waals surface area contributed by atoms with E-state index in [-0.39, 0.29) is 21.2 Å². The smallest absolute Gasteiger partial charge is 0.264 e. The van der Waals surface area contributed by atoms with Gasteiger partial charge < -0.3 is 4.90 Å². The molecule has 0 unspecified atom stereocenters. The summed E-state index contributed by atoms with van der Waals surface area (Å²) in [5.41, 5.74) is 1.02. The molecule has 3 heterocycles. The third-order valence-corrected chi connectivity index (χ3v) is 9.72. The Morgan fingerprint density at radius 2 is 1.97 bits per heavy atom. The van der Waals surface area contributed by atoms with Crippen molar-refractivity contribution in [1.29, 1.82) is 0 Å². The summed E-state index contributed by atoms with van der Waals surface area (Å²) in [6, 6.07) is 8.12. The molecular formula is C23H27Cl2FN4O2S. The van der Waals surface area contributed by atoms with Crippen molar-refractivity contribution in [3.8, 4) is 0 Å². The number of nitrogens with one attached hydrogen (secondary N) is 1. The Morgan fingerprint density at radius 1 is 1.15 bits per heavy atom. The van der Waals surface area contributed by atoms with Crippen LogP contribution < -0.4 is 9.62 Å². The van der Waals surface area contributed by atoms with Crippen molar-refractivity contribution in [2.45, 2.75) is 56.0 Å². The van der Waals surface area contributed by atoms with Crippen LogP contribution in [0.4, 0.5) is 15.9 Å². The molecule has 2 saturated heterocycles. The second kappa shape index (κ2) is 8.56. The van der Waals surface area contributed by atoms with Crippen LogP contribution in [-0.4, -0.2) is 50.0 Å². The molecule has 1 spiro atoms. The van der Waals surface area contributed by atoms with Crippen LogP contribution in [0, 0.1) is 11.4 Å².